The summed E-state index contributed by atoms with van der Waals surface area (Å²) in [4.78, 5) is 28.7. The molecule has 1 N–H and O–H groups in total. The van der Waals surface area contributed by atoms with E-state index >= 15 is 0 Å². The zero-order valence-corrected chi connectivity index (χ0v) is 12.3. The first kappa shape index (κ1) is 13.5. The highest BCUT2D eigenvalue weighted by atomic mass is 32.1. The number of Topliss-reactive ketones (excluding diaryl/α,β-unsaturated/α-hetero) is 1. The molecule has 0 amide bonds. The van der Waals surface area contributed by atoms with Crippen LogP contribution in [0.4, 0.5) is 0 Å². The van der Waals surface area contributed by atoms with Crippen LogP contribution in [0, 0.1) is 6.92 Å². The van der Waals surface area contributed by atoms with Crippen LogP contribution in [0.3, 0.4) is 0 Å². The minimum absolute atomic E-state index is 0.0828. The summed E-state index contributed by atoms with van der Waals surface area (Å²) < 4.78 is 1.55. The number of hydrogen-bond donors (Lipinski definition) is 1. The van der Waals surface area contributed by atoms with E-state index in [1.54, 1.807) is 11.3 Å². The molecule has 0 spiro atoms. The molecule has 2 heterocycles. The average molecular weight is 300 g/mol. The van der Waals surface area contributed by atoms with Crippen molar-refractivity contribution in [3.8, 4) is 11.3 Å². The Morgan fingerprint density at radius 3 is 2.48 bits per heavy atom. The van der Waals surface area contributed by atoms with Crippen molar-refractivity contribution >= 4 is 28.1 Å². The van der Waals surface area contributed by atoms with Crippen molar-refractivity contribution < 1.29 is 14.7 Å². The molecule has 0 unspecified atom stereocenters. The Hall–Kier alpha value is -2.47. The first-order valence-electron chi connectivity index (χ1n) is 6.32. The number of imidazole rings is 1. The summed E-state index contributed by atoms with van der Waals surface area (Å²) in [6.45, 7) is 3.21. The number of thiazole rings is 1. The second kappa shape index (κ2) is 4.82. The highest BCUT2D eigenvalue weighted by Gasteiger charge is 2.25. The van der Waals surface area contributed by atoms with Gasteiger partial charge < -0.3 is 5.11 Å². The predicted molar refractivity (Wildman–Crippen MR) is 80.2 cm³/mol. The largest absolute Gasteiger partial charge is 0.476 e. The van der Waals surface area contributed by atoms with Crippen LogP contribution in [0.1, 0.15) is 32.8 Å². The number of fused-ring (bicyclic) bond motifs is 1. The summed E-state index contributed by atoms with van der Waals surface area (Å²) in [7, 11) is 0. The summed E-state index contributed by atoms with van der Waals surface area (Å²) in [6, 6.07) is 9.17. The van der Waals surface area contributed by atoms with Gasteiger partial charge in [-0.3, -0.25) is 9.20 Å². The quantitative estimate of drug-likeness (QED) is 0.753. The van der Waals surface area contributed by atoms with E-state index in [1.165, 1.54) is 18.3 Å². The number of aromatic nitrogens is 2. The first-order valence-corrected chi connectivity index (χ1v) is 7.14. The Morgan fingerprint density at radius 1 is 1.24 bits per heavy atom. The van der Waals surface area contributed by atoms with Gasteiger partial charge in [0.2, 0.25) is 0 Å². The summed E-state index contributed by atoms with van der Waals surface area (Å²) in [5.74, 6) is -1.14. The summed E-state index contributed by atoms with van der Waals surface area (Å²) >= 11 is 1.22. The number of aryl methyl sites for hydroxylation is 1. The average Bonchev–Trinajstić information content (AvgIpc) is 2.97. The van der Waals surface area contributed by atoms with Crippen LogP contribution in [0.2, 0.25) is 0 Å². The number of nitrogens with zero attached hydrogens (tertiary/aromatic N) is 2. The lowest BCUT2D eigenvalue weighted by Crippen LogP contribution is -2.05. The number of carboxylic acid groups (broad SMARTS) is 1. The maximum atomic E-state index is 11.7. The van der Waals surface area contributed by atoms with Crippen molar-refractivity contribution in [3.05, 3.63) is 46.6 Å². The van der Waals surface area contributed by atoms with Gasteiger partial charge in [0.25, 0.3) is 0 Å². The molecule has 0 bridgehead atoms. The van der Waals surface area contributed by atoms with Crippen LogP contribution in [-0.4, -0.2) is 26.2 Å². The molecule has 0 fully saturated rings. The first-order chi connectivity index (χ1) is 10.0. The number of carboxylic acids is 1. The monoisotopic (exact) mass is 300 g/mol. The number of carbonyl (C=O) groups excluding carboxylic acids is 1. The molecule has 0 aliphatic heterocycles. The van der Waals surface area contributed by atoms with Gasteiger partial charge in [0.1, 0.15) is 5.69 Å². The molecule has 3 aromatic rings. The molecule has 0 atom stereocenters. The van der Waals surface area contributed by atoms with E-state index in [1.807, 2.05) is 30.3 Å². The maximum absolute atomic E-state index is 11.7. The molecule has 21 heavy (non-hydrogen) atoms. The SMILES string of the molecule is CC(=O)c1sc2nc(-c3ccccc3)c(C(=O)O)n2c1C. The van der Waals surface area contributed by atoms with Gasteiger partial charge in [-0.05, 0) is 6.92 Å². The molecule has 0 radical (unpaired) electrons. The van der Waals surface area contributed by atoms with Gasteiger partial charge in [0.15, 0.2) is 16.4 Å². The molecule has 1 aromatic carbocycles. The zero-order chi connectivity index (χ0) is 15.1. The van der Waals surface area contributed by atoms with E-state index in [0.717, 1.165) is 5.56 Å². The number of hydrogen-bond acceptors (Lipinski definition) is 4. The normalized spacial score (nSPS) is 11.0. The number of ketones is 1. The molecule has 0 aliphatic rings. The number of rotatable bonds is 3. The van der Waals surface area contributed by atoms with Crippen molar-refractivity contribution in [3.63, 3.8) is 0 Å². The van der Waals surface area contributed by atoms with Crippen LogP contribution in [0.25, 0.3) is 16.2 Å². The summed E-state index contributed by atoms with van der Waals surface area (Å²) in [6.07, 6.45) is 0. The lowest BCUT2D eigenvalue weighted by Gasteiger charge is -2.01. The highest BCUT2D eigenvalue weighted by molar-refractivity contribution is 7.19. The van der Waals surface area contributed by atoms with E-state index in [0.29, 0.717) is 21.2 Å². The van der Waals surface area contributed by atoms with E-state index in [9.17, 15) is 14.7 Å². The summed E-state index contributed by atoms with van der Waals surface area (Å²) in [5.41, 5.74) is 1.88. The standard InChI is InChI=1S/C15H12N2O3S/c1-8-13(9(2)18)21-15-16-11(10-6-4-3-5-7-10)12(14(19)20)17(8)15/h3-7H,1-2H3,(H,19,20). The van der Waals surface area contributed by atoms with Crippen molar-refractivity contribution in [1.82, 2.24) is 9.38 Å². The topological polar surface area (TPSA) is 71.7 Å². The van der Waals surface area contributed by atoms with Gasteiger partial charge in [-0.15, -0.1) is 0 Å². The van der Waals surface area contributed by atoms with Gasteiger partial charge in [-0.2, -0.15) is 0 Å². The molecule has 5 nitrogen and oxygen atoms in total. The number of aromatic carboxylic acids is 1. The number of carbonyl (C=O) groups is 2. The lowest BCUT2D eigenvalue weighted by molar-refractivity contribution is 0.0689. The summed E-state index contributed by atoms with van der Waals surface area (Å²) in [5, 5.41) is 9.55. The molecule has 0 saturated carbocycles. The predicted octanol–water partition coefficient (Wildman–Crippen LogP) is 3.27. The van der Waals surface area contributed by atoms with Crippen LogP contribution in [0.5, 0.6) is 0 Å². The third kappa shape index (κ3) is 2.04. The second-order valence-electron chi connectivity index (χ2n) is 4.67. The number of benzene rings is 1. The highest BCUT2D eigenvalue weighted by Crippen LogP contribution is 2.31. The lowest BCUT2D eigenvalue weighted by atomic mass is 10.1. The Labute approximate surface area is 124 Å². The molecule has 0 saturated heterocycles. The fourth-order valence-corrected chi connectivity index (χ4v) is 3.39. The van der Waals surface area contributed by atoms with Crippen molar-refractivity contribution in [2.45, 2.75) is 13.8 Å². The molecular formula is C15H12N2O3S. The molecular weight excluding hydrogens is 288 g/mol. The minimum atomic E-state index is -1.06. The van der Waals surface area contributed by atoms with Gasteiger partial charge in [-0.1, -0.05) is 41.7 Å². The Morgan fingerprint density at radius 2 is 1.90 bits per heavy atom. The molecule has 3 rings (SSSR count). The Balaban J connectivity index is 2.36. The zero-order valence-electron chi connectivity index (χ0n) is 11.5. The fraction of sp³-hybridized carbons (Fsp3) is 0.133. The second-order valence-corrected chi connectivity index (χ2v) is 5.65. The van der Waals surface area contributed by atoms with E-state index < -0.39 is 5.97 Å². The van der Waals surface area contributed by atoms with E-state index in [2.05, 4.69) is 4.98 Å². The smallest absolute Gasteiger partial charge is 0.355 e. The van der Waals surface area contributed by atoms with Crippen LogP contribution >= 0.6 is 11.3 Å². The van der Waals surface area contributed by atoms with Crippen molar-refractivity contribution in [1.29, 1.82) is 0 Å². The third-order valence-electron chi connectivity index (χ3n) is 3.27. The van der Waals surface area contributed by atoms with Crippen LogP contribution in [0.15, 0.2) is 30.3 Å². The van der Waals surface area contributed by atoms with Crippen LogP contribution < -0.4 is 0 Å². The molecule has 2 aromatic heterocycles. The van der Waals surface area contributed by atoms with E-state index in [4.69, 9.17) is 0 Å². The molecule has 106 valence electrons. The fourth-order valence-electron chi connectivity index (χ4n) is 2.37. The van der Waals surface area contributed by atoms with E-state index in [-0.39, 0.29) is 11.5 Å². The van der Waals surface area contributed by atoms with Gasteiger partial charge in [0.05, 0.1) is 4.88 Å². The molecule has 6 heteroatoms. The van der Waals surface area contributed by atoms with Gasteiger partial charge >= 0.3 is 5.97 Å². The van der Waals surface area contributed by atoms with Gasteiger partial charge in [0, 0.05) is 18.2 Å². The minimum Gasteiger partial charge on any atom is -0.476 e. The third-order valence-corrected chi connectivity index (χ3v) is 4.52. The van der Waals surface area contributed by atoms with Gasteiger partial charge in [-0.25, -0.2) is 9.78 Å². The maximum Gasteiger partial charge on any atom is 0.355 e. The molecule has 0 aliphatic carbocycles. The Bertz CT molecular complexity index is 862. The Kier molecular flexibility index (Phi) is 3.10. The van der Waals surface area contributed by atoms with Crippen molar-refractivity contribution in [2.24, 2.45) is 0 Å². The van der Waals surface area contributed by atoms with Crippen LogP contribution in [-0.2, 0) is 0 Å². The van der Waals surface area contributed by atoms with Crippen molar-refractivity contribution in [2.75, 3.05) is 0 Å².